The van der Waals surface area contributed by atoms with Crippen LogP contribution in [-0.4, -0.2) is 27.1 Å². The van der Waals surface area contributed by atoms with Crippen LogP contribution in [0.5, 0.6) is 0 Å². The van der Waals surface area contributed by atoms with Gasteiger partial charge in [0.1, 0.15) is 0 Å². The Morgan fingerprint density at radius 2 is 1.56 bits per heavy atom. The van der Waals surface area contributed by atoms with E-state index in [-0.39, 0.29) is 11.1 Å². The van der Waals surface area contributed by atoms with Crippen LogP contribution in [0.2, 0.25) is 0 Å². The van der Waals surface area contributed by atoms with Crippen molar-refractivity contribution in [2.24, 2.45) is 0 Å². The second-order valence-corrected chi connectivity index (χ2v) is 4.09. The molecule has 92 valence electrons. The van der Waals surface area contributed by atoms with Gasteiger partial charge in [-0.3, -0.25) is 4.98 Å². The number of nitrogens with zero attached hydrogens (tertiary/aromatic N) is 1. The standard InChI is InChI=1S/C13H11NO4/c1-6-3-8-4-9(12(15)16)10(13(17)18)5-11(8)14-7(6)2/h3-5H,1-2H3,(H,15,16)(H,17,18). The molecular weight excluding hydrogens is 234 g/mol. The molecule has 2 rings (SSSR count). The molecule has 5 nitrogen and oxygen atoms in total. The number of hydrogen-bond donors (Lipinski definition) is 2. The molecule has 2 aromatic rings. The zero-order valence-corrected chi connectivity index (χ0v) is 9.89. The molecule has 0 radical (unpaired) electrons. The minimum Gasteiger partial charge on any atom is -0.478 e. The Hall–Kier alpha value is -2.43. The highest BCUT2D eigenvalue weighted by atomic mass is 16.4. The van der Waals surface area contributed by atoms with E-state index in [0.29, 0.717) is 10.9 Å². The zero-order valence-electron chi connectivity index (χ0n) is 9.89. The summed E-state index contributed by atoms with van der Waals surface area (Å²) >= 11 is 0. The largest absolute Gasteiger partial charge is 0.478 e. The van der Waals surface area contributed by atoms with E-state index in [1.807, 2.05) is 13.8 Å². The molecule has 0 amide bonds. The monoisotopic (exact) mass is 245 g/mol. The number of aryl methyl sites for hydroxylation is 2. The fourth-order valence-corrected chi connectivity index (χ4v) is 1.78. The summed E-state index contributed by atoms with van der Waals surface area (Å²) in [5.74, 6) is -2.53. The van der Waals surface area contributed by atoms with Crippen molar-refractivity contribution in [2.45, 2.75) is 13.8 Å². The van der Waals surface area contributed by atoms with Crippen molar-refractivity contribution in [3.63, 3.8) is 0 Å². The number of carboxylic acid groups (broad SMARTS) is 2. The van der Waals surface area contributed by atoms with E-state index < -0.39 is 11.9 Å². The number of fused-ring (bicyclic) bond motifs is 1. The number of carboxylic acids is 2. The van der Waals surface area contributed by atoms with Crippen molar-refractivity contribution in [1.82, 2.24) is 4.98 Å². The fourth-order valence-electron chi connectivity index (χ4n) is 1.78. The minimum atomic E-state index is -1.27. The Morgan fingerprint density at radius 1 is 1.00 bits per heavy atom. The van der Waals surface area contributed by atoms with Crippen LogP contribution in [0.15, 0.2) is 18.2 Å². The van der Waals surface area contributed by atoms with E-state index in [0.717, 1.165) is 11.3 Å². The molecule has 5 heteroatoms. The van der Waals surface area contributed by atoms with Gasteiger partial charge in [0.2, 0.25) is 0 Å². The van der Waals surface area contributed by atoms with Gasteiger partial charge in [-0.2, -0.15) is 0 Å². The van der Waals surface area contributed by atoms with E-state index in [1.165, 1.54) is 12.1 Å². The van der Waals surface area contributed by atoms with Gasteiger partial charge in [-0.25, -0.2) is 9.59 Å². The lowest BCUT2D eigenvalue weighted by molar-refractivity contribution is 0.0652. The number of aromatic carboxylic acids is 2. The van der Waals surface area contributed by atoms with Gasteiger partial charge in [-0.05, 0) is 37.6 Å². The number of pyridine rings is 1. The summed E-state index contributed by atoms with van der Waals surface area (Å²) < 4.78 is 0. The molecule has 2 N–H and O–H groups in total. The predicted molar refractivity (Wildman–Crippen MR) is 65.1 cm³/mol. The van der Waals surface area contributed by atoms with Gasteiger partial charge in [-0.15, -0.1) is 0 Å². The highest BCUT2D eigenvalue weighted by Crippen LogP contribution is 2.21. The van der Waals surface area contributed by atoms with Gasteiger partial charge < -0.3 is 10.2 Å². The van der Waals surface area contributed by atoms with Gasteiger partial charge in [0.05, 0.1) is 16.6 Å². The van der Waals surface area contributed by atoms with Crippen LogP contribution in [-0.2, 0) is 0 Å². The third-order valence-electron chi connectivity index (χ3n) is 2.86. The average molecular weight is 245 g/mol. The molecule has 0 aliphatic carbocycles. The predicted octanol–water partition coefficient (Wildman–Crippen LogP) is 2.25. The Bertz CT molecular complexity index is 618. The highest BCUT2D eigenvalue weighted by Gasteiger charge is 2.17. The van der Waals surface area contributed by atoms with E-state index in [9.17, 15) is 9.59 Å². The molecule has 1 aromatic heterocycles. The Morgan fingerprint density at radius 3 is 2.11 bits per heavy atom. The molecule has 0 atom stereocenters. The van der Waals surface area contributed by atoms with Crippen LogP contribution in [0.3, 0.4) is 0 Å². The molecule has 1 aromatic carbocycles. The molecule has 0 aliphatic heterocycles. The fraction of sp³-hybridized carbons (Fsp3) is 0.154. The maximum atomic E-state index is 11.0. The van der Waals surface area contributed by atoms with Gasteiger partial charge in [0.15, 0.2) is 0 Å². The van der Waals surface area contributed by atoms with Crippen molar-refractivity contribution < 1.29 is 19.8 Å². The molecule has 0 saturated heterocycles. The first kappa shape index (κ1) is 12.0. The molecule has 0 fully saturated rings. The summed E-state index contributed by atoms with van der Waals surface area (Å²) in [4.78, 5) is 26.3. The summed E-state index contributed by atoms with van der Waals surface area (Å²) in [5, 5.41) is 18.6. The smallest absolute Gasteiger partial charge is 0.336 e. The summed E-state index contributed by atoms with van der Waals surface area (Å²) in [6.07, 6.45) is 0. The Labute approximate surface area is 103 Å². The molecular formula is C13H11NO4. The quantitative estimate of drug-likeness (QED) is 0.847. The van der Waals surface area contributed by atoms with E-state index in [1.54, 1.807) is 6.07 Å². The maximum Gasteiger partial charge on any atom is 0.336 e. The lowest BCUT2D eigenvalue weighted by Crippen LogP contribution is -2.08. The number of benzene rings is 1. The minimum absolute atomic E-state index is 0.222. The molecule has 1 heterocycles. The zero-order chi connectivity index (χ0) is 13.4. The number of hydrogen-bond acceptors (Lipinski definition) is 3. The SMILES string of the molecule is Cc1cc2cc(C(=O)O)c(C(=O)O)cc2nc1C. The molecule has 0 spiro atoms. The highest BCUT2D eigenvalue weighted by molar-refractivity contribution is 6.05. The first-order chi connectivity index (χ1) is 8.40. The lowest BCUT2D eigenvalue weighted by Gasteiger charge is -2.07. The third kappa shape index (κ3) is 1.90. The van der Waals surface area contributed by atoms with Crippen LogP contribution in [0, 0.1) is 13.8 Å². The second kappa shape index (κ2) is 4.10. The maximum absolute atomic E-state index is 11.0. The Kier molecular flexibility index (Phi) is 2.74. The molecule has 18 heavy (non-hydrogen) atoms. The summed E-state index contributed by atoms with van der Waals surface area (Å²) in [6, 6.07) is 4.45. The van der Waals surface area contributed by atoms with Crippen molar-refractivity contribution in [3.05, 3.63) is 40.6 Å². The summed E-state index contributed by atoms with van der Waals surface area (Å²) in [6.45, 7) is 3.69. The van der Waals surface area contributed by atoms with Crippen molar-refractivity contribution >= 4 is 22.8 Å². The van der Waals surface area contributed by atoms with Crippen molar-refractivity contribution in [3.8, 4) is 0 Å². The number of aromatic nitrogens is 1. The van der Waals surface area contributed by atoms with Crippen LogP contribution in [0.1, 0.15) is 32.0 Å². The topological polar surface area (TPSA) is 87.5 Å². The van der Waals surface area contributed by atoms with Gasteiger partial charge in [0, 0.05) is 11.1 Å². The normalized spacial score (nSPS) is 10.6. The van der Waals surface area contributed by atoms with Crippen LogP contribution in [0.4, 0.5) is 0 Å². The number of carbonyl (C=O) groups is 2. The van der Waals surface area contributed by atoms with Crippen LogP contribution >= 0.6 is 0 Å². The van der Waals surface area contributed by atoms with Gasteiger partial charge in [-0.1, -0.05) is 0 Å². The first-order valence-electron chi connectivity index (χ1n) is 5.28. The second-order valence-electron chi connectivity index (χ2n) is 4.09. The van der Waals surface area contributed by atoms with Crippen LogP contribution in [0.25, 0.3) is 10.9 Å². The number of rotatable bonds is 2. The summed E-state index contributed by atoms with van der Waals surface area (Å²) in [5.41, 5.74) is 1.75. The van der Waals surface area contributed by atoms with E-state index in [4.69, 9.17) is 10.2 Å². The molecule has 0 unspecified atom stereocenters. The van der Waals surface area contributed by atoms with E-state index >= 15 is 0 Å². The first-order valence-corrected chi connectivity index (χ1v) is 5.28. The van der Waals surface area contributed by atoms with Crippen molar-refractivity contribution in [2.75, 3.05) is 0 Å². The lowest BCUT2D eigenvalue weighted by atomic mass is 10.0. The van der Waals surface area contributed by atoms with Crippen molar-refractivity contribution in [1.29, 1.82) is 0 Å². The molecule has 0 bridgehead atoms. The molecule has 0 saturated carbocycles. The third-order valence-corrected chi connectivity index (χ3v) is 2.86. The summed E-state index contributed by atoms with van der Waals surface area (Å²) in [7, 11) is 0. The van der Waals surface area contributed by atoms with E-state index in [2.05, 4.69) is 4.98 Å². The molecule has 0 aliphatic rings. The van der Waals surface area contributed by atoms with Gasteiger partial charge in [0.25, 0.3) is 0 Å². The average Bonchev–Trinajstić information content (AvgIpc) is 2.28. The van der Waals surface area contributed by atoms with Crippen LogP contribution < -0.4 is 0 Å². The van der Waals surface area contributed by atoms with Gasteiger partial charge >= 0.3 is 11.9 Å². The Balaban J connectivity index is 2.84.